The molecule has 0 aliphatic heterocycles. The quantitative estimate of drug-likeness (QED) is 0.648. The molecule has 0 heterocycles. The summed E-state index contributed by atoms with van der Waals surface area (Å²) in [7, 11) is 0. The average Bonchev–Trinajstić information content (AvgIpc) is 2.17. The van der Waals surface area contributed by atoms with Gasteiger partial charge in [-0.15, -0.1) is 0 Å². The Morgan fingerprint density at radius 2 is 2.00 bits per heavy atom. The van der Waals surface area contributed by atoms with Gasteiger partial charge in [-0.25, -0.2) is 0 Å². The zero-order valence-electron chi connectivity index (χ0n) is 7.53. The maximum absolute atomic E-state index is 9.98. The number of benzene rings is 1. The van der Waals surface area contributed by atoms with Crippen molar-refractivity contribution < 1.29 is 14.3 Å². The first-order valence-corrected chi connectivity index (χ1v) is 4.13. The molecule has 3 heteroatoms. The molecule has 13 heavy (non-hydrogen) atoms. The van der Waals surface area contributed by atoms with E-state index in [1.807, 2.05) is 19.1 Å². The molecule has 1 aromatic carbocycles. The Morgan fingerprint density at radius 1 is 1.31 bits per heavy atom. The molecule has 0 N–H and O–H groups in total. The van der Waals surface area contributed by atoms with Crippen molar-refractivity contribution in [3.05, 3.63) is 29.8 Å². The minimum atomic E-state index is 0.414. The molecule has 0 atom stereocenters. The molecule has 0 fully saturated rings. The second-order valence-electron chi connectivity index (χ2n) is 2.50. The Bertz CT molecular complexity index is 253. The van der Waals surface area contributed by atoms with Crippen LogP contribution in [-0.4, -0.2) is 13.1 Å². The number of hydrogen-bond donors (Lipinski definition) is 0. The lowest BCUT2D eigenvalue weighted by atomic mass is 10.2. The Hall–Kier alpha value is -1.35. The third-order valence-corrected chi connectivity index (χ3v) is 1.58. The third kappa shape index (κ3) is 3.25. The fraction of sp³-hybridized carbons (Fsp3) is 0.300. The molecule has 0 spiro atoms. The van der Waals surface area contributed by atoms with Gasteiger partial charge in [0.2, 0.25) is 0 Å². The van der Waals surface area contributed by atoms with Crippen LogP contribution < -0.4 is 4.74 Å². The van der Waals surface area contributed by atoms with Gasteiger partial charge >= 0.3 is 0 Å². The Kier molecular flexibility index (Phi) is 3.99. The SMILES string of the molecule is CCOCc1ccc(OC=O)cc1. The summed E-state index contributed by atoms with van der Waals surface area (Å²) in [6.07, 6.45) is 0. The van der Waals surface area contributed by atoms with E-state index < -0.39 is 0 Å². The fourth-order valence-electron chi connectivity index (χ4n) is 0.940. The van der Waals surface area contributed by atoms with E-state index in [4.69, 9.17) is 4.74 Å². The Labute approximate surface area is 77.3 Å². The highest BCUT2D eigenvalue weighted by Gasteiger charge is 1.94. The summed E-state index contributed by atoms with van der Waals surface area (Å²) in [4.78, 5) is 9.98. The minimum absolute atomic E-state index is 0.414. The topological polar surface area (TPSA) is 35.5 Å². The molecule has 1 rings (SSSR count). The summed E-state index contributed by atoms with van der Waals surface area (Å²) >= 11 is 0. The van der Waals surface area contributed by atoms with Crippen LogP contribution in [0.2, 0.25) is 0 Å². The van der Waals surface area contributed by atoms with Crippen molar-refractivity contribution in [2.45, 2.75) is 13.5 Å². The number of carbonyl (C=O) groups excluding carboxylic acids is 1. The maximum atomic E-state index is 9.98. The van der Waals surface area contributed by atoms with Crippen LogP contribution in [0.25, 0.3) is 0 Å². The van der Waals surface area contributed by atoms with E-state index in [9.17, 15) is 4.79 Å². The lowest BCUT2D eigenvalue weighted by Crippen LogP contribution is -1.92. The Balaban J connectivity index is 2.53. The largest absolute Gasteiger partial charge is 0.429 e. The molecule has 0 saturated carbocycles. The van der Waals surface area contributed by atoms with Crippen LogP contribution in [-0.2, 0) is 16.1 Å². The highest BCUT2D eigenvalue weighted by atomic mass is 16.5. The minimum Gasteiger partial charge on any atom is -0.429 e. The summed E-state index contributed by atoms with van der Waals surface area (Å²) in [5, 5.41) is 0. The number of hydrogen-bond acceptors (Lipinski definition) is 3. The first kappa shape index (κ1) is 9.74. The summed E-state index contributed by atoms with van der Waals surface area (Å²) in [6.45, 7) is 3.66. The third-order valence-electron chi connectivity index (χ3n) is 1.58. The lowest BCUT2D eigenvalue weighted by Gasteiger charge is -2.02. The van der Waals surface area contributed by atoms with Crippen LogP contribution in [0.15, 0.2) is 24.3 Å². The van der Waals surface area contributed by atoms with Crippen molar-refractivity contribution >= 4 is 6.47 Å². The van der Waals surface area contributed by atoms with Gasteiger partial charge in [0, 0.05) is 6.61 Å². The second-order valence-corrected chi connectivity index (χ2v) is 2.50. The van der Waals surface area contributed by atoms with Crippen LogP contribution in [0.5, 0.6) is 5.75 Å². The zero-order valence-corrected chi connectivity index (χ0v) is 7.53. The molecule has 0 aliphatic carbocycles. The van der Waals surface area contributed by atoms with Gasteiger partial charge < -0.3 is 9.47 Å². The molecule has 0 saturated heterocycles. The molecule has 0 aromatic heterocycles. The van der Waals surface area contributed by atoms with E-state index >= 15 is 0 Å². The van der Waals surface area contributed by atoms with Crippen LogP contribution in [0.4, 0.5) is 0 Å². The fourth-order valence-corrected chi connectivity index (χ4v) is 0.940. The molecular weight excluding hydrogens is 168 g/mol. The summed E-state index contributed by atoms with van der Waals surface area (Å²) in [5.41, 5.74) is 1.07. The van der Waals surface area contributed by atoms with Gasteiger partial charge in [-0.05, 0) is 24.6 Å². The predicted octanol–water partition coefficient (Wildman–Crippen LogP) is 1.76. The molecule has 1 aromatic rings. The standard InChI is InChI=1S/C10H12O3/c1-2-12-7-9-3-5-10(6-4-9)13-8-11/h3-6,8H,2,7H2,1H3. The first-order valence-electron chi connectivity index (χ1n) is 4.13. The summed E-state index contributed by atoms with van der Waals surface area (Å²) in [6, 6.07) is 7.22. The van der Waals surface area contributed by atoms with E-state index in [1.54, 1.807) is 12.1 Å². The number of carbonyl (C=O) groups is 1. The predicted molar refractivity (Wildman–Crippen MR) is 48.5 cm³/mol. The van der Waals surface area contributed by atoms with Crippen molar-refractivity contribution in [1.82, 2.24) is 0 Å². The van der Waals surface area contributed by atoms with Crippen molar-refractivity contribution in [2.75, 3.05) is 6.61 Å². The normalized spacial score (nSPS) is 9.62. The molecule has 0 radical (unpaired) electrons. The van der Waals surface area contributed by atoms with E-state index in [0.29, 0.717) is 25.4 Å². The molecule has 0 bridgehead atoms. The van der Waals surface area contributed by atoms with E-state index in [0.717, 1.165) is 5.56 Å². The maximum Gasteiger partial charge on any atom is 0.298 e. The summed E-state index contributed by atoms with van der Waals surface area (Å²) in [5.74, 6) is 0.551. The monoisotopic (exact) mass is 180 g/mol. The molecule has 0 amide bonds. The van der Waals surface area contributed by atoms with Gasteiger partial charge in [0.05, 0.1) is 6.61 Å². The smallest absolute Gasteiger partial charge is 0.298 e. The second kappa shape index (κ2) is 5.32. The van der Waals surface area contributed by atoms with Crippen molar-refractivity contribution in [3.8, 4) is 5.75 Å². The van der Waals surface area contributed by atoms with Crippen LogP contribution in [0.3, 0.4) is 0 Å². The number of ether oxygens (including phenoxy) is 2. The van der Waals surface area contributed by atoms with Crippen molar-refractivity contribution in [2.24, 2.45) is 0 Å². The molecule has 70 valence electrons. The Morgan fingerprint density at radius 3 is 2.54 bits per heavy atom. The number of rotatable bonds is 5. The van der Waals surface area contributed by atoms with Gasteiger partial charge in [-0.3, -0.25) is 4.79 Å². The lowest BCUT2D eigenvalue weighted by molar-refractivity contribution is -0.120. The van der Waals surface area contributed by atoms with E-state index in [-0.39, 0.29) is 0 Å². The molecule has 3 nitrogen and oxygen atoms in total. The zero-order chi connectivity index (χ0) is 9.52. The van der Waals surface area contributed by atoms with Gasteiger partial charge in [-0.1, -0.05) is 12.1 Å². The van der Waals surface area contributed by atoms with Crippen LogP contribution >= 0.6 is 0 Å². The van der Waals surface area contributed by atoms with Gasteiger partial charge in [0.25, 0.3) is 6.47 Å². The summed E-state index contributed by atoms with van der Waals surface area (Å²) < 4.78 is 9.85. The highest BCUT2D eigenvalue weighted by Crippen LogP contribution is 2.11. The highest BCUT2D eigenvalue weighted by molar-refractivity contribution is 5.45. The average molecular weight is 180 g/mol. The first-order chi connectivity index (χ1) is 6.36. The molecule has 0 aliphatic rings. The molecule has 0 unspecified atom stereocenters. The van der Waals surface area contributed by atoms with Crippen molar-refractivity contribution in [1.29, 1.82) is 0 Å². The van der Waals surface area contributed by atoms with Crippen LogP contribution in [0.1, 0.15) is 12.5 Å². The van der Waals surface area contributed by atoms with Gasteiger partial charge in [0.1, 0.15) is 5.75 Å². The van der Waals surface area contributed by atoms with E-state index in [1.165, 1.54) is 0 Å². The van der Waals surface area contributed by atoms with Crippen molar-refractivity contribution in [3.63, 3.8) is 0 Å². The van der Waals surface area contributed by atoms with Gasteiger partial charge in [0.15, 0.2) is 0 Å². The van der Waals surface area contributed by atoms with Crippen LogP contribution in [0, 0.1) is 0 Å². The molecular formula is C10H12O3. The van der Waals surface area contributed by atoms with Gasteiger partial charge in [-0.2, -0.15) is 0 Å². The van der Waals surface area contributed by atoms with E-state index in [2.05, 4.69) is 4.74 Å².